The molecule has 124 valence electrons. The Morgan fingerprint density at radius 1 is 1.22 bits per heavy atom. The number of nitrogens with zero attached hydrogens (tertiary/aromatic N) is 1. The molecule has 0 aromatic heterocycles. The zero-order valence-corrected chi connectivity index (χ0v) is 13.8. The van der Waals surface area contributed by atoms with Crippen molar-refractivity contribution in [1.82, 2.24) is 4.90 Å². The van der Waals surface area contributed by atoms with Crippen molar-refractivity contribution in [3.05, 3.63) is 34.9 Å². The predicted octanol–water partition coefficient (Wildman–Crippen LogP) is 2.73. The Labute approximate surface area is 136 Å². The number of ketones is 1. The monoisotopic (exact) mass is 317 g/mol. The van der Waals surface area contributed by atoms with Gasteiger partial charge in [0.2, 0.25) is 5.91 Å². The summed E-state index contributed by atoms with van der Waals surface area (Å²) < 4.78 is 0. The lowest BCUT2D eigenvalue weighted by atomic mass is 9.99. The Morgan fingerprint density at radius 2 is 1.87 bits per heavy atom. The number of carbonyl (C=O) groups excluding carboxylic acids is 2. The molecule has 1 amide bonds. The Kier molecular flexibility index (Phi) is 5.19. The molecule has 0 saturated heterocycles. The first-order valence-corrected chi connectivity index (χ1v) is 7.95. The fourth-order valence-corrected chi connectivity index (χ4v) is 2.73. The maximum atomic E-state index is 12.4. The summed E-state index contributed by atoms with van der Waals surface area (Å²) in [6, 6.07) is 4.85. The molecule has 1 N–H and O–H groups in total. The fourth-order valence-electron chi connectivity index (χ4n) is 2.73. The minimum absolute atomic E-state index is 0.0180. The van der Waals surface area contributed by atoms with Crippen molar-refractivity contribution in [2.24, 2.45) is 0 Å². The molecule has 2 rings (SSSR count). The molecular weight excluding hydrogens is 294 g/mol. The van der Waals surface area contributed by atoms with Crippen LogP contribution in [0.3, 0.4) is 0 Å². The van der Waals surface area contributed by atoms with Crippen LogP contribution in [0.25, 0.3) is 0 Å². The number of aliphatic carboxylic acids is 1. The third kappa shape index (κ3) is 4.18. The van der Waals surface area contributed by atoms with Crippen LogP contribution in [0.15, 0.2) is 18.2 Å². The van der Waals surface area contributed by atoms with Gasteiger partial charge >= 0.3 is 5.97 Å². The normalized spacial score (nSPS) is 15.1. The highest BCUT2D eigenvalue weighted by atomic mass is 16.4. The van der Waals surface area contributed by atoms with E-state index in [2.05, 4.69) is 0 Å². The van der Waals surface area contributed by atoms with E-state index in [9.17, 15) is 14.4 Å². The van der Waals surface area contributed by atoms with Gasteiger partial charge in [0, 0.05) is 24.4 Å². The van der Waals surface area contributed by atoms with Gasteiger partial charge in [-0.05, 0) is 45.2 Å². The van der Waals surface area contributed by atoms with Crippen LogP contribution in [0.5, 0.6) is 0 Å². The van der Waals surface area contributed by atoms with Gasteiger partial charge in [-0.3, -0.25) is 9.59 Å². The lowest BCUT2D eigenvalue weighted by Crippen LogP contribution is -2.44. The summed E-state index contributed by atoms with van der Waals surface area (Å²) >= 11 is 0. The molecule has 1 aromatic carbocycles. The number of carbonyl (C=O) groups is 3. The van der Waals surface area contributed by atoms with Crippen molar-refractivity contribution in [2.75, 3.05) is 0 Å². The van der Waals surface area contributed by atoms with Gasteiger partial charge in [-0.25, -0.2) is 4.79 Å². The largest absolute Gasteiger partial charge is 0.480 e. The summed E-state index contributed by atoms with van der Waals surface area (Å²) in [6.45, 7) is 5.31. The van der Waals surface area contributed by atoms with Crippen LogP contribution >= 0.6 is 0 Å². The Balaban J connectivity index is 2.01. The van der Waals surface area contributed by atoms with E-state index < -0.39 is 12.0 Å². The summed E-state index contributed by atoms with van der Waals surface area (Å²) in [5, 5.41) is 9.14. The van der Waals surface area contributed by atoms with E-state index in [4.69, 9.17) is 5.11 Å². The molecule has 0 bridgehead atoms. The number of hydrogen-bond donors (Lipinski definition) is 1. The van der Waals surface area contributed by atoms with Gasteiger partial charge in [0.25, 0.3) is 0 Å². The van der Waals surface area contributed by atoms with Crippen LogP contribution < -0.4 is 0 Å². The lowest BCUT2D eigenvalue weighted by molar-refractivity contribution is -0.150. The molecule has 0 radical (unpaired) electrons. The molecule has 1 aromatic rings. The SMILES string of the molecule is Cc1ccc(C)c(C(=O)CCC(=O)N(C2CC2)C(C)C(=O)O)c1. The van der Waals surface area contributed by atoms with Gasteiger partial charge < -0.3 is 10.0 Å². The van der Waals surface area contributed by atoms with Gasteiger partial charge in [-0.15, -0.1) is 0 Å². The minimum atomic E-state index is -1.01. The molecule has 1 fully saturated rings. The highest BCUT2D eigenvalue weighted by Crippen LogP contribution is 2.29. The second-order valence-corrected chi connectivity index (χ2v) is 6.29. The Morgan fingerprint density at radius 3 is 2.43 bits per heavy atom. The Hall–Kier alpha value is -2.17. The first kappa shape index (κ1) is 17.2. The number of aryl methyl sites for hydroxylation is 2. The summed E-state index contributed by atoms with van der Waals surface area (Å²) in [5.41, 5.74) is 2.54. The summed E-state index contributed by atoms with van der Waals surface area (Å²) in [7, 11) is 0. The van der Waals surface area contributed by atoms with Crippen LogP contribution in [0.1, 0.15) is 54.1 Å². The van der Waals surface area contributed by atoms with E-state index in [-0.39, 0.29) is 30.6 Å². The van der Waals surface area contributed by atoms with Gasteiger partial charge in [0.1, 0.15) is 6.04 Å². The molecule has 0 aliphatic heterocycles. The van der Waals surface area contributed by atoms with Crippen LogP contribution in [0.4, 0.5) is 0 Å². The second-order valence-electron chi connectivity index (χ2n) is 6.29. The molecule has 5 nitrogen and oxygen atoms in total. The topological polar surface area (TPSA) is 74.7 Å². The Bertz CT molecular complexity index is 634. The lowest BCUT2D eigenvalue weighted by Gasteiger charge is -2.26. The first-order valence-electron chi connectivity index (χ1n) is 7.95. The molecule has 5 heteroatoms. The molecule has 23 heavy (non-hydrogen) atoms. The van der Waals surface area contributed by atoms with Crippen molar-refractivity contribution >= 4 is 17.7 Å². The third-order valence-electron chi connectivity index (χ3n) is 4.26. The summed E-state index contributed by atoms with van der Waals surface area (Å²) in [4.78, 5) is 37.3. The van der Waals surface area contributed by atoms with Crippen molar-refractivity contribution in [1.29, 1.82) is 0 Å². The van der Waals surface area contributed by atoms with E-state index in [0.29, 0.717) is 5.56 Å². The average Bonchev–Trinajstić information content (AvgIpc) is 3.32. The zero-order valence-electron chi connectivity index (χ0n) is 13.8. The number of rotatable bonds is 7. The molecule has 0 spiro atoms. The maximum Gasteiger partial charge on any atom is 0.326 e. The highest BCUT2D eigenvalue weighted by molar-refractivity contribution is 5.99. The average molecular weight is 317 g/mol. The number of amides is 1. The maximum absolute atomic E-state index is 12.4. The fraction of sp³-hybridized carbons (Fsp3) is 0.500. The quantitative estimate of drug-likeness (QED) is 0.785. The van der Waals surface area contributed by atoms with Crippen molar-refractivity contribution in [3.8, 4) is 0 Å². The van der Waals surface area contributed by atoms with E-state index in [1.165, 1.54) is 11.8 Å². The van der Waals surface area contributed by atoms with E-state index >= 15 is 0 Å². The minimum Gasteiger partial charge on any atom is -0.480 e. The van der Waals surface area contributed by atoms with Crippen LogP contribution in [0, 0.1) is 13.8 Å². The van der Waals surface area contributed by atoms with Crippen molar-refractivity contribution in [2.45, 2.75) is 58.5 Å². The van der Waals surface area contributed by atoms with Crippen LogP contribution in [-0.2, 0) is 9.59 Å². The van der Waals surface area contributed by atoms with Gasteiger partial charge in [0.05, 0.1) is 0 Å². The highest BCUT2D eigenvalue weighted by Gasteiger charge is 2.38. The molecule has 1 saturated carbocycles. The number of benzene rings is 1. The second kappa shape index (κ2) is 6.94. The van der Waals surface area contributed by atoms with E-state index in [0.717, 1.165) is 24.0 Å². The molecule has 1 aliphatic carbocycles. The first-order chi connectivity index (χ1) is 10.8. The zero-order chi connectivity index (χ0) is 17.1. The smallest absolute Gasteiger partial charge is 0.326 e. The number of Topliss-reactive ketones (excluding diaryl/α,β-unsaturated/α-hetero) is 1. The van der Waals surface area contributed by atoms with E-state index in [1.807, 2.05) is 32.0 Å². The molecule has 1 aliphatic rings. The van der Waals surface area contributed by atoms with Gasteiger partial charge in [-0.2, -0.15) is 0 Å². The number of hydrogen-bond acceptors (Lipinski definition) is 3. The van der Waals surface area contributed by atoms with Crippen molar-refractivity contribution in [3.63, 3.8) is 0 Å². The molecule has 0 heterocycles. The molecule has 1 atom stereocenters. The van der Waals surface area contributed by atoms with Crippen LogP contribution in [0.2, 0.25) is 0 Å². The van der Waals surface area contributed by atoms with Gasteiger partial charge in [-0.1, -0.05) is 17.7 Å². The standard InChI is InChI=1S/C18H23NO4/c1-11-4-5-12(2)15(10-11)16(20)8-9-17(21)19(14-6-7-14)13(3)18(22)23/h4-5,10,13-14H,6-9H2,1-3H3,(H,22,23). The summed E-state index contributed by atoms with van der Waals surface area (Å²) in [6.07, 6.45) is 1.85. The predicted molar refractivity (Wildman–Crippen MR) is 86.4 cm³/mol. The molecule has 1 unspecified atom stereocenters. The van der Waals surface area contributed by atoms with Crippen molar-refractivity contribution < 1.29 is 19.5 Å². The number of carboxylic acids is 1. The van der Waals surface area contributed by atoms with E-state index in [1.54, 1.807) is 0 Å². The third-order valence-corrected chi connectivity index (χ3v) is 4.26. The number of carboxylic acid groups (broad SMARTS) is 1. The summed E-state index contributed by atoms with van der Waals surface area (Å²) in [5.74, 6) is -1.33. The van der Waals surface area contributed by atoms with Gasteiger partial charge in [0.15, 0.2) is 5.78 Å². The molecular formula is C18H23NO4. The van der Waals surface area contributed by atoms with Crippen LogP contribution in [-0.4, -0.2) is 39.7 Å².